The van der Waals surface area contributed by atoms with Gasteiger partial charge < -0.3 is 4.74 Å². The second-order valence-electron chi connectivity index (χ2n) is 7.44. The molecule has 1 saturated carbocycles. The smallest absolute Gasteiger partial charge is 0.258 e. The maximum absolute atomic E-state index is 12.2. The van der Waals surface area contributed by atoms with E-state index < -0.39 is 0 Å². The van der Waals surface area contributed by atoms with E-state index >= 15 is 0 Å². The Kier molecular flexibility index (Phi) is 3.32. The van der Waals surface area contributed by atoms with E-state index in [1.165, 1.54) is 0 Å². The molecule has 0 N–H and O–H groups in total. The van der Waals surface area contributed by atoms with Gasteiger partial charge in [0.2, 0.25) is 0 Å². The van der Waals surface area contributed by atoms with Gasteiger partial charge in [0.1, 0.15) is 5.65 Å². The fraction of sp³-hybridized carbons (Fsp3) is 0.556. The van der Waals surface area contributed by atoms with Crippen molar-refractivity contribution >= 4 is 5.65 Å². The number of ether oxygens (including phenoxy) is 1. The van der Waals surface area contributed by atoms with E-state index in [1.54, 1.807) is 16.7 Å². The normalized spacial score (nSPS) is 28.8. The van der Waals surface area contributed by atoms with Crippen LogP contribution in [0.5, 0.6) is 0 Å². The number of fused-ring (bicyclic) bond motifs is 2. The molecule has 2 aliphatic rings. The molecule has 3 atom stereocenters. The van der Waals surface area contributed by atoms with E-state index in [0.717, 1.165) is 18.7 Å². The van der Waals surface area contributed by atoms with Crippen LogP contribution in [0.2, 0.25) is 0 Å². The van der Waals surface area contributed by atoms with Crippen LogP contribution in [0, 0.1) is 11.3 Å². The van der Waals surface area contributed by atoms with Crippen molar-refractivity contribution in [3.05, 3.63) is 46.5 Å². The number of nitrogens with zero attached hydrogens (tertiary/aromatic N) is 3. The maximum Gasteiger partial charge on any atom is 0.258 e. The lowest BCUT2D eigenvalue weighted by molar-refractivity contribution is -0.151. The van der Waals surface area contributed by atoms with Crippen molar-refractivity contribution in [2.45, 2.75) is 39.0 Å². The summed E-state index contributed by atoms with van der Waals surface area (Å²) in [6.07, 6.45) is 3.27. The van der Waals surface area contributed by atoms with Crippen molar-refractivity contribution in [2.24, 2.45) is 11.3 Å². The summed E-state index contributed by atoms with van der Waals surface area (Å²) < 4.78 is 7.46. The minimum Gasteiger partial charge on any atom is -0.377 e. The number of pyridine rings is 1. The Morgan fingerprint density at radius 2 is 2.26 bits per heavy atom. The van der Waals surface area contributed by atoms with Crippen LogP contribution in [0.3, 0.4) is 0 Å². The quantitative estimate of drug-likeness (QED) is 0.869. The number of hydrogen-bond acceptors (Lipinski definition) is 4. The SMILES string of the molecule is CN(Cc1cc(=O)n2ccccc2n1)C1C2CCOC2C1(C)C. The molecule has 5 heteroatoms. The van der Waals surface area contributed by atoms with E-state index in [0.29, 0.717) is 30.3 Å². The Morgan fingerprint density at radius 3 is 3.09 bits per heavy atom. The summed E-state index contributed by atoms with van der Waals surface area (Å²) in [4.78, 5) is 19.2. The molecule has 5 nitrogen and oxygen atoms in total. The van der Waals surface area contributed by atoms with Crippen LogP contribution in [0.15, 0.2) is 35.3 Å². The molecule has 1 saturated heterocycles. The third-order valence-corrected chi connectivity index (χ3v) is 5.55. The molecule has 0 spiro atoms. The summed E-state index contributed by atoms with van der Waals surface area (Å²) in [6.45, 7) is 6.13. The highest BCUT2D eigenvalue weighted by molar-refractivity contribution is 5.38. The molecule has 3 heterocycles. The van der Waals surface area contributed by atoms with E-state index in [1.807, 2.05) is 18.2 Å². The summed E-state index contributed by atoms with van der Waals surface area (Å²) >= 11 is 0. The van der Waals surface area contributed by atoms with Gasteiger partial charge in [0, 0.05) is 42.8 Å². The average molecular weight is 313 g/mol. The summed E-state index contributed by atoms with van der Waals surface area (Å²) in [5.41, 5.74) is 1.68. The first kappa shape index (κ1) is 14.8. The monoisotopic (exact) mass is 313 g/mol. The van der Waals surface area contributed by atoms with Gasteiger partial charge in [-0.3, -0.25) is 14.1 Å². The second kappa shape index (κ2) is 5.14. The predicted octanol–water partition coefficient (Wildman–Crippen LogP) is 1.94. The van der Waals surface area contributed by atoms with Gasteiger partial charge in [0.25, 0.3) is 5.56 Å². The second-order valence-corrected chi connectivity index (χ2v) is 7.44. The van der Waals surface area contributed by atoms with Crippen molar-refractivity contribution in [1.29, 1.82) is 0 Å². The lowest BCUT2D eigenvalue weighted by Gasteiger charge is -2.58. The molecule has 3 unspecified atom stereocenters. The zero-order chi connectivity index (χ0) is 16.2. The summed E-state index contributed by atoms with van der Waals surface area (Å²) in [6, 6.07) is 7.76. The van der Waals surface area contributed by atoms with Crippen molar-refractivity contribution in [2.75, 3.05) is 13.7 Å². The highest BCUT2D eigenvalue weighted by Crippen LogP contribution is 2.54. The minimum absolute atomic E-state index is 0.0195. The molecule has 0 amide bonds. The van der Waals surface area contributed by atoms with Crippen LogP contribution >= 0.6 is 0 Å². The van der Waals surface area contributed by atoms with Crippen LogP contribution in [-0.2, 0) is 11.3 Å². The van der Waals surface area contributed by atoms with Crippen LogP contribution in [-0.4, -0.2) is 40.1 Å². The maximum atomic E-state index is 12.2. The molecule has 1 aliphatic carbocycles. The molecule has 2 aromatic rings. The number of hydrogen-bond donors (Lipinski definition) is 0. The zero-order valence-electron chi connectivity index (χ0n) is 13.9. The Labute approximate surface area is 135 Å². The van der Waals surface area contributed by atoms with Gasteiger partial charge in [-0.05, 0) is 25.6 Å². The molecule has 0 radical (unpaired) electrons. The molecule has 0 aromatic carbocycles. The lowest BCUT2D eigenvalue weighted by atomic mass is 9.57. The van der Waals surface area contributed by atoms with Crippen molar-refractivity contribution in [1.82, 2.24) is 14.3 Å². The average Bonchev–Trinajstić information content (AvgIpc) is 2.93. The molecule has 0 bridgehead atoms. The van der Waals surface area contributed by atoms with Gasteiger partial charge in [-0.2, -0.15) is 0 Å². The summed E-state index contributed by atoms with van der Waals surface area (Å²) in [7, 11) is 2.13. The minimum atomic E-state index is -0.0195. The van der Waals surface area contributed by atoms with Gasteiger partial charge in [-0.15, -0.1) is 0 Å². The van der Waals surface area contributed by atoms with Gasteiger partial charge in [0.05, 0.1) is 11.8 Å². The fourth-order valence-electron chi connectivity index (χ4n) is 4.73. The Balaban J connectivity index is 1.60. The fourth-order valence-corrected chi connectivity index (χ4v) is 4.73. The van der Waals surface area contributed by atoms with Gasteiger partial charge in [0.15, 0.2) is 0 Å². The molecule has 2 aromatic heterocycles. The van der Waals surface area contributed by atoms with Crippen LogP contribution in [0.4, 0.5) is 0 Å². The van der Waals surface area contributed by atoms with Crippen LogP contribution < -0.4 is 5.56 Å². The first-order chi connectivity index (χ1) is 11.0. The van der Waals surface area contributed by atoms with Crippen LogP contribution in [0.25, 0.3) is 5.65 Å². The Bertz CT molecular complexity index is 798. The zero-order valence-corrected chi connectivity index (χ0v) is 13.9. The topological polar surface area (TPSA) is 46.8 Å². The predicted molar refractivity (Wildman–Crippen MR) is 88.3 cm³/mol. The van der Waals surface area contributed by atoms with Gasteiger partial charge in [-0.1, -0.05) is 19.9 Å². The van der Waals surface area contributed by atoms with E-state index in [4.69, 9.17) is 4.74 Å². The van der Waals surface area contributed by atoms with E-state index in [9.17, 15) is 4.79 Å². The first-order valence-corrected chi connectivity index (χ1v) is 8.27. The molecule has 23 heavy (non-hydrogen) atoms. The molecule has 122 valence electrons. The van der Waals surface area contributed by atoms with Crippen molar-refractivity contribution in [3.63, 3.8) is 0 Å². The Hall–Kier alpha value is -1.72. The highest BCUT2D eigenvalue weighted by atomic mass is 16.5. The molecular weight excluding hydrogens is 290 g/mol. The van der Waals surface area contributed by atoms with Gasteiger partial charge in [-0.25, -0.2) is 4.98 Å². The van der Waals surface area contributed by atoms with E-state index in [-0.39, 0.29) is 11.0 Å². The van der Waals surface area contributed by atoms with E-state index in [2.05, 4.69) is 30.8 Å². The van der Waals surface area contributed by atoms with Gasteiger partial charge >= 0.3 is 0 Å². The molecule has 2 fully saturated rings. The third-order valence-electron chi connectivity index (χ3n) is 5.55. The lowest BCUT2D eigenvalue weighted by Crippen LogP contribution is -2.65. The highest BCUT2D eigenvalue weighted by Gasteiger charge is 2.60. The largest absolute Gasteiger partial charge is 0.377 e. The summed E-state index contributed by atoms with van der Waals surface area (Å²) in [5.74, 6) is 0.608. The molecule has 1 aliphatic heterocycles. The Morgan fingerprint density at radius 1 is 1.43 bits per heavy atom. The van der Waals surface area contributed by atoms with Crippen LogP contribution in [0.1, 0.15) is 26.0 Å². The standard InChI is InChI=1S/C18H23N3O2/c1-18(2)16(13-7-9-23-17(13)18)20(3)11-12-10-15(22)21-8-5-4-6-14(21)19-12/h4-6,8,10,13,16-17H,7,9,11H2,1-3H3. The molecular formula is C18H23N3O2. The number of rotatable bonds is 3. The third kappa shape index (κ3) is 2.22. The molecule has 4 rings (SSSR count). The van der Waals surface area contributed by atoms with Crippen molar-refractivity contribution in [3.8, 4) is 0 Å². The van der Waals surface area contributed by atoms with Crippen molar-refractivity contribution < 1.29 is 4.74 Å². The number of aromatic nitrogens is 2. The first-order valence-electron chi connectivity index (χ1n) is 8.27. The summed E-state index contributed by atoms with van der Waals surface area (Å²) in [5, 5.41) is 0.